The summed E-state index contributed by atoms with van der Waals surface area (Å²) in [7, 11) is 0. The van der Waals surface area contributed by atoms with E-state index in [0.717, 1.165) is 5.69 Å². The van der Waals surface area contributed by atoms with Gasteiger partial charge in [-0.2, -0.15) is 0 Å². The summed E-state index contributed by atoms with van der Waals surface area (Å²) in [5, 5.41) is 14.7. The van der Waals surface area contributed by atoms with Crippen molar-refractivity contribution in [3.05, 3.63) is 82.8 Å². The van der Waals surface area contributed by atoms with Gasteiger partial charge in [0.15, 0.2) is 5.82 Å². The van der Waals surface area contributed by atoms with Gasteiger partial charge in [0.25, 0.3) is 5.91 Å². The number of nitrogens with zero attached hydrogens (tertiary/aromatic N) is 4. The van der Waals surface area contributed by atoms with Gasteiger partial charge in [0.1, 0.15) is 29.2 Å². The summed E-state index contributed by atoms with van der Waals surface area (Å²) in [4.78, 5) is 12.9. The van der Waals surface area contributed by atoms with E-state index in [2.05, 4.69) is 20.7 Å². The molecule has 0 spiro atoms. The lowest BCUT2D eigenvalue weighted by atomic mass is 10.0. The van der Waals surface area contributed by atoms with Gasteiger partial charge in [0, 0.05) is 5.69 Å². The van der Waals surface area contributed by atoms with Crippen molar-refractivity contribution in [2.75, 3.05) is 0 Å². The van der Waals surface area contributed by atoms with Crippen LogP contribution >= 0.6 is 11.6 Å². The normalized spacial score (nSPS) is 10.9. The number of hydrogen-bond acceptors (Lipinski definition) is 5. The fourth-order valence-electron chi connectivity index (χ4n) is 2.97. The van der Waals surface area contributed by atoms with Crippen LogP contribution in [0.25, 0.3) is 16.9 Å². The van der Waals surface area contributed by atoms with Gasteiger partial charge in [-0.15, -0.1) is 10.2 Å². The lowest BCUT2D eigenvalue weighted by molar-refractivity contribution is 0.0948. The highest BCUT2D eigenvalue weighted by Crippen LogP contribution is 2.33. The Labute approximate surface area is 170 Å². The van der Waals surface area contributed by atoms with Crippen LogP contribution < -0.4 is 5.32 Å². The minimum atomic E-state index is -0.594. The van der Waals surface area contributed by atoms with E-state index in [1.807, 2.05) is 30.3 Å². The van der Waals surface area contributed by atoms with E-state index < -0.39 is 11.7 Å². The van der Waals surface area contributed by atoms with Crippen LogP contribution in [-0.2, 0) is 6.54 Å². The highest BCUT2D eigenvalue weighted by molar-refractivity contribution is 6.33. The number of amides is 1. The second-order valence-electron chi connectivity index (χ2n) is 6.19. The second kappa shape index (κ2) is 7.84. The van der Waals surface area contributed by atoms with Gasteiger partial charge in [0.2, 0.25) is 0 Å². The van der Waals surface area contributed by atoms with Crippen molar-refractivity contribution < 1.29 is 13.7 Å². The lowest BCUT2D eigenvalue weighted by Gasteiger charge is -2.09. The zero-order valence-corrected chi connectivity index (χ0v) is 16.0. The van der Waals surface area contributed by atoms with Crippen LogP contribution in [0.5, 0.6) is 0 Å². The third-order valence-corrected chi connectivity index (χ3v) is 4.66. The number of benzene rings is 2. The first-order valence-corrected chi connectivity index (χ1v) is 9.07. The van der Waals surface area contributed by atoms with Crippen molar-refractivity contribution in [1.82, 2.24) is 25.2 Å². The topological polar surface area (TPSA) is 85.8 Å². The fraction of sp³-hybridized carbons (Fsp3) is 0.100. The van der Waals surface area contributed by atoms with Crippen LogP contribution in [0.15, 0.2) is 59.4 Å². The van der Waals surface area contributed by atoms with E-state index in [-0.39, 0.29) is 34.1 Å². The largest absolute Gasteiger partial charge is 0.360 e. The summed E-state index contributed by atoms with van der Waals surface area (Å²) < 4.78 is 21.2. The first-order valence-electron chi connectivity index (χ1n) is 8.69. The van der Waals surface area contributed by atoms with E-state index in [4.69, 9.17) is 16.1 Å². The quantitative estimate of drug-likeness (QED) is 0.537. The number of para-hydroxylation sites is 1. The van der Waals surface area contributed by atoms with E-state index >= 15 is 0 Å². The number of hydrogen-bond donors (Lipinski definition) is 1. The van der Waals surface area contributed by atoms with E-state index in [9.17, 15) is 9.18 Å². The SMILES string of the molecule is Cc1onc(-c2c(F)cccc2Cl)c1C(=O)NCc1nncn1-c1ccccc1. The van der Waals surface area contributed by atoms with Crippen LogP contribution in [0, 0.1) is 12.7 Å². The molecule has 0 saturated heterocycles. The van der Waals surface area contributed by atoms with Crippen molar-refractivity contribution in [2.45, 2.75) is 13.5 Å². The fourth-order valence-corrected chi connectivity index (χ4v) is 3.22. The predicted molar refractivity (Wildman–Crippen MR) is 104 cm³/mol. The first-order chi connectivity index (χ1) is 14.1. The Kier molecular flexibility index (Phi) is 5.09. The number of halogens is 2. The summed E-state index contributed by atoms with van der Waals surface area (Å²) in [6.07, 6.45) is 1.56. The Hall–Kier alpha value is -3.52. The van der Waals surface area contributed by atoms with Gasteiger partial charge < -0.3 is 9.84 Å². The lowest BCUT2D eigenvalue weighted by Crippen LogP contribution is -2.25. The molecular formula is C20H15ClFN5O2. The monoisotopic (exact) mass is 411 g/mol. The zero-order chi connectivity index (χ0) is 20.4. The minimum Gasteiger partial charge on any atom is -0.360 e. The Morgan fingerprint density at radius 2 is 2.00 bits per heavy atom. The molecule has 2 aromatic heterocycles. The average molecular weight is 412 g/mol. The maximum absolute atomic E-state index is 14.3. The molecule has 9 heteroatoms. The van der Waals surface area contributed by atoms with Crippen molar-refractivity contribution in [2.24, 2.45) is 0 Å². The van der Waals surface area contributed by atoms with Crippen LogP contribution in [0.2, 0.25) is 5.02 Å². The Morgan fingerprint density at radius 1 is 1.21 bits per heavy atom. The van der Waals surface area contributed by atoms with E-state index in [1.165, 1.54) is 18.2 Å². The molecular weight excluding hydrogens is 397 g/mol. The summed E-state index contributed by atoms with van der Waals surface area (Å²) >= 11 is 6.12. The van der Waals surface area contributed by atoms with Gasteiger partial charge >= 0.3 is 0 Å². The molecule has 0 saturated carbocycles. The van der Waals surface area contributed by atoms with Crippen molar-refractivity contribution in [3.8, 4) is 16.9 Å². The van der Waals surface area contributed by atoms with Crippen LogP contribution in [0.3, 0.4) is 0 Å². The molecule has 0 aliphatic rings. The van der Waals surface area contributed by atoms with Crippen molar-refractivity contribution >= 4 is 17.5 Å². The molecule has 0 atom stereocenters. The number of nitrogens with one attached hydrogen (secondary N) is 1. The highest BCUT2D eigenvalue weighted by atomic mass is 35.5. The maximum atomic E-state index is 14.3. The molecule has 1 N–H and O–H groups in total. The first kappa shape index (κ1) is 18.8. The molecule has 0 fully saturated rings. The number of aryl methyl sites for hydroxylation is 1. The molecule has 4 rings (SSSR count). The summed E-state index contributed by atoms with van der Waals surface area (Å²) in [5.74, 6) is -0.296. The van der Waals surface area contributed by atoms with E-state index in [1.54, 1.807) is 17.8 Å². The molecule has 1 amide bonds. The van der Waals surface area contributed by atoms with Gasteiger partial charge in [-0.05, 0) is 31.2 Å². The van der Waals surface area contributed by atoms with Crippen LogP contribution in [-0.4, -0.2) is 25.8 Å². The van der Waals surface area contributed by atoms with Gasteiger partial charge in [0.05, 0.1) is 17.1 Å². The molecule has 0 unspecified atom stereocenters. The Balaban J connectivity index is 1.60. The van der Waals surface area contributed by atoms with Crippen LogP contribution in [0.1, 0.15) is 21.9 Å². The molecule has 0 aliphatic carbocycles. The summed E-state index contributed by atoms with van der Waals surface area (Å²) in [5.41, 5.74) is 1.04. The number of carbonyl (C=O) groups is 1. The zero-order valence-electron chi connectivity index (χ0n) is 15.3. The minimum absolute atomic E-state index is 0.0172. The molecule has 0 bridgehead atoms. The molecule has 7 nitrogen and oxygen atoms in total. The van der Waals surface area contributed by atoms with Gasteiger partial charge in [-0.25, -0.2) is 4.39 Å². The third-order valence-electron chi connectivity index (χ3n) is 4.35. The molecule has 0 radical (unpaired) electrons. The molecule has 146 valence electrons. The van der Waals surface area contributed by atoms with E-state index in [0.29, 0.717) is 5.82 Å². The predicted octanol–water partition coefficient (Wildman–Crippen LogP) is 3.95. The van der Waals surface area contributed by atoms with Crippen LogP contribution in [0.4, 0.5) is 4.39 Å². The number of rotatable bonds is 5. The maximum Gasteiger partial charge on any atom is 0.257 e. The molecule has 0 aliphatic heterocycles. The van der Waals surface area contributed by atoms with Crippen molar-refractivity contribution in [3.63, 3.8) is 0 Å². The van der Waals surface area contributed by atoms with Crippen molar-refractivity contribution in [1.29, 1.82) is 0 Å². The number of carbonyl (C=O) groups excluding carboxylic acids is 1. The third kappa shape index (κ3) is 3.62. The summed E-state index contributed by atoms with van der Waals surface area (Å²) in [6.45, 7) is 1.68. The molecule has 2 aromatic carbocycles. The highest BCUT2D eigenvalue weighted by Gasteiger charge is 2.25. The summed E-state index contributed by atoms with van der Waals surface area (Å²) in [6, 6.07) is 13.7. The average Bonchev–Trinajstić information content (AvgIpc) is 3.33. The molecule has 29 heavy (non-hydrogen) atoms. The smallest absolute Gasteiger partial charge is 0.257 e. The Bertz CT molecular complexity index is 1150. The standard InChI is InChI=1S/C20H15ClFN5O2/c1-12-17(19(26-29-12)18-14(21)8-5-9-15(18)22)20(28)23-10-16-25-24-11-27(16)13-6-3-2-4-7-13/h2-9,11H,10H2,1H3,(H,23,28). The molecule has 4 aromatic rings. The second-order valence-corrected chi connectivity index (χ2v) is 6.60. The number of aromatic nitrogens is 4. The Morgan fingerprint density at radius 3 is 2.76 bits per heavy atom. The van der Waals surface area contributed by atoms with Gasteiger partial charge in [-0.1, -0.05) is 41.0 Å². The molecule has 2 heterocycles. The van der Waals surface area contributed by atoms with Gasteiger partial charge in [-0.3, -0.25) is 9.36 Å².